The van der Waals surface area contributed by atoms with Crippen LogP contribution in [0.1, 0.15) is 21.5 Å². The lowest BCUT2D eigenvalue weighted by molar-refractivity contribution is 0.100. The molecule has 0 atom stereocenters. The number of alkyl halides is 1. The molecule has 3 aromatic rings. The number of nitrogens with one attached hydrogen (secondary N) is 3. The number of amides is 1. The highest BCUT2D eigenvalue weighted by Crippen LogP contribution is 2.32. The van der Waals surface area contributed by atoms with Gasteiger partial charge in [-0.3, -0.25) is 9.52 Å². The second-order valence-electron chi connectivity index (χ2n) is 7.20. The Bertz CT molecular complexity index is 1430. The molecule has 0 aliphatic rings. The molecule has 2 aromatic carbocycles. The van der Waals surface area contributed by atoms with Crippen LogP contribution in [0.15, 0.2) is 36.5 Å². The highest BCUT2D eigenvalue weighted by atomic mass is 127. The van der Waals surface area contributed by atoms with Crippen LogP contribution in [-0.2, 0) is 16.6 Å². The average Bonchev–Trinajstić information content (AvgIpc) is 2.81. The first-order valence-corrected chi connectivity index (χ1v) is 12.5. The summed E-state index contributed by atoms with van der Waals surface area (Å²) in [4.78, 5) is 15.5. The van der Waals surface area contributed by atoms with Gasteiger partial charge in [0.15, 0.2) is 23.3 Å². The lowest BCUT2D eigenvalue weighted by Crippen LogP contribution is -2.32. The maximum atomic E-state index is 15.0. The van der Waals surface area contributed by atoms with Crippen molar-refractivity contribution in [2.75, 3.05) is 23.3 Å². The number of nitrogens with two attached hydrogens (primary N) is 1. The molecule has 8 nitrogen and oxygen atoms in total. The molecule has 192 valence electrons. The van der Waals surface area contributed by atoms with E-state index in [9.17, 15) is 35.2 Å². The third-order valence-electron chi connectivity index (χ3n) is 4.71. The largest absolute Gasteiger partial charge is 0.366 e. The molecule has 0 bridgehead atoms. The summed E-state index contributed by atoms with van der Waals surface area (Å²) < 4.78 is 99.1. The SMILES string of the molecule is NC(=O)c1cc(Cc2ccnc(NS(=O)(=O)NCCF)c2F)c(F)c(F)c1Nc1ccc(I)cc1F. The fourth-order valence-corrected chi connectivity index (χ4v) is 4.35. The van der Waals surface area contributed by atoms with E-state index in [0.29, 0.717) is 3.57 Å². The number of pyridine rings is 1. The van der Waals surface area contributed by atoms with E-state index in [0.717, 1.165) is 24.4 Å². The maximum absolute atomic E-state index is 15.0. The molecule has 0 aliphatic carbocycles. The van der Waals surface area contributed by atoms with Crippen LogP contribution in [-0.4, -0.2) is 32.5 Å². The van der Waals surface area contributed by atoms with Crippen LogP contribution in [0.5, 0.6) is 0 Å². The summed E-state index contributed by atoms with van der Waals surface area (Å²) in [5.74, 6) is -7.00. The van der Waals surface area contributed by atoms with Crippen molar-refractivity contribution in [1.29, 1.82) is 0 Å². The van der Waals surface area contributed by atoms with Crippen molar-refractivity contribution >= 4 is 55.9 Å². The molecule has 0 fully saturated rings. The van der Waals surface area contributed by atoms with Gasteiger partial charge in [0.2, 0.25) is 0 Å². The zero-order valence-corrected chi connectivity index (χ0v) is 21.0. The number of primary amides is 1. The molecular weight excluding hydrogens is 624 g/mol. The van der Waals surface area contributed by atoms with Gasteiger partial charge in [-0.1, -0.05) is 0 Å². The van der Waals surface area contributed by atoms with Crippen LogP contribution in [0, 0.1) is 26.8 Å². The molecule has 0 unspecified atom stereocenters. The molecule has 5 N–H and O–H groups in total. The Balaban J connectivity index is 1.99. The predicted octanol–water partition coefficient (Wildman–Crippen LogP) is 3.89. The summed E-state index contributed by atoms with van der Waals surface area (Å²) in [5, 5.41) is 2.32. The minimum Gasteiger partial charge on any atom is -0.366 e. The van der Waals surface area contributed by atoms with Gasteiger partial charge < -0.3 is 11.1 Å². The van der Waals surface area contributed by atoms with Crippen LogP contribution in [0.3, 0.4) is 0 Å². The van der Waals surface area contributed by atoms with E-state index >= 15 is 0 Å². The molecule has 1 amide bonds. The van der Waals surface area contributed by atoms with Gasteiger partial charge in [-0.25, -0.2) is 26.9 Å². The lowest BCUT2D eigenvalue weighted by atomic mass is 10.00. The minimum absolute atomic E-state index is 0.248. The van der Waals surface area contributed by atoms with Gasteiger partial charge in [-0.05, 0) is 64.0 Å². The third kappa shape index (κ3) is 6.38. The van der Waals surface area contributed by atoms with Crippen molar-refractivity contribution < 1.29 is 35.2 Å². The monoisotopic (exact) mass is 641 g/mol. The first-order valence-electron chi connectivity index (χ1n) is 9.93. The number of nitrogens with zero attached hydrogens (tertiary/aromatic N) is 1. The van der Waals surface area contributed by atoms with Crippen LogP contribution >= 0.6 is 22.6 Å². The summed E-state index contributed by atoms with van der Waals surface area (Å²) >= 11 is 1.85. The molecule has 36 heavy (non-hydrogen) atoms. The number of rotatable bonds is 10. The van der Waals surface area contributed by atoms with Crippen molar-refractivity contribution in [3.05, 3.63) is 80.1 Å². The number of halogens is 6. The molecule has 3 rings (SSSR count). The molecule has 0 radical (unpaired) electrons. The molecular formula is C21H17F5IN5O3S. The van der Waals surface area contributed by atoms with E-state index in [4.69, 9.17) is 5.73 Å². The summed E-state index contributed by atoms with van der Waals surface area (Å²) in [7, 11) is -4.36. The molecule has 1 heterocycles. The third-order valence-corrected chi connectivity index (χ3v) is 6.42. The zero-order chi connectivity index (χ0) is 26.6. The van der Waals surface area contributed by atoms with Crippen LogP contribution in [0.4, 0.5) is 39.1 Å². The summed E-state index contributed by atoms with van der Waals surface area (Å²) in [6.45, 7) is -1.57. The molecule has 15 heteroatoms. The molecule has 0 spiro atoms. The van der Waals surface area contributed by atoms with Crippen LogP contribution in [0.2, 0.25) is 0 Å². The Kier molecular flexibility index (Phi) is 8.67. The lowest BCUT2D eigenvalue weighted by Gasteiger charge is -2.16. The Labute approximate surface area is 215 Å². The van der Waals surface area contributed by atoms with Crippen LogP contribution in [0.25, 0.3) is 0 Å². The van der Waals surface area contributed by atoms with Gasteiger partial charge in [0.1, 0.15) is 12.5 Å². The number of hydrogen-bond donors (Lipinski definition) is 4. The van der Waals surface area contributed by atoms with Gasteiger partial charge in [0.25, 0.3) is 16.1 Å². The summed E-state index contributed by atoms with van der Waals surface area (Å²) in [6.07, 6.45) is 0.367. The van der Waals surface area contributed by atoms with Crippen molar-refractivity contribution in [3.63, 3.8) is 0 Å². The van der Waals surface area contributed by atoms with Crippen molar-refractivity contribution in [2.24, 2.45) is 5.73 Å². The van der Waals surface area contributed by atoms with Crippen LogP contribution < -0.4 is 20.5 Å². The zero-order valence-electron chi connectivity index (χ0n) is 18.0. The number of hydrogen-bond acceptors (Lipinski definition) is 5. The minimum atomic E-state index is -4.36. The predicted molar refractivity (Wildman–Crippen MR) is 131 cm³/mol. The van der Waals surface area contributed by atoms with Gasteiger partial charge in [-0.15, -0.1) is 0 Å². The normalized spacial score (nSPS) is 11.4. The maximum Gasteiger partial charge on any atom is 0.300 e. The Morgan fingerprint density at radius 2 is 1.75 bits per heavy atom. The second kappa shape index (κ2) is 11.3. The Morgan fingerprint density at radius 1 is 1.03 bits per heavy atom. The average molecular weight is 641 g/mol. The molecule has 0 saturated heterocycles. The van der Waals surface area contributed by atoms with Gasteiger partial charge in [0, 0.05) is 22.7 Å². The van der Waals surface area contributed by atoms with E-state index in [1.807, 2.05) is 27.3 Å². The topological polar surface area (TPSA) is 126 Å². The highest BCUT2D eigenvalue weighted by Gasteiger charge is 2.24. The van der Waals surface area contributed by atoms with E-state index < -0.39 is 81.7 Å². The van der Waals surface area contributed by atoms with E-state index in [-0.39, 0.29) is 11.3 Å². The van der Waals surface area contributed by atoms with Crippen molar-refractivity contribution in [2.45, 2.75) is 6.42 Å². The highest BCUT2D eigenvalue weighted by molar-refractivity contribution is 14.1. The second-order valence-corrected chi connectivity index (χ2v) is 9.94. The fraction of sp³-hybridized carbons (Fsp3) is 0.143. The first kappa shape index (κ1) is 27.5. The number of anilines is 3. The van der Waals surface area contributed by atoms with Gasteiger partial charge in [-0.2, -0.15) is 13.1 Å². The standard InChI is InChI=1S/C21H17F5IN5O3S/c22-4-6-30-36(34,35)32-21-17(25)10(3-5-29-21)7-11-8-13(20(28)33)19(18(26)16(11)24)31-15-2-1-12(27)9-14(15)23/h1-3,5,8-9,30-31H,4,6-7H2,(H2,28,33)(H,29,32). The number of aromatic nitrogens is 1. The quantitative estimate of drug-likeness (QED) is 0.198. The first-order chi connectivity index (χ1) is 16.9. The fourth-order valence-electron chi connectivity index (χ4n) is 3.08. The number of carbonyl (C=O) groups excluding carboxylic acids is 1. The van der Waals surface area contributed by atoms with Crippen molar-refractivity contribution in [3.8, 4) is 0 Å². The molecule has 1 aromatic heterocycles. The summed E-state index contributed by atoms with van der Waals surface area (Å²) in [5.41, 5.74) is 3.01. The Morgan fingerprint density at radius 3 is 2.39 bits per heavy atom. The van der Waals surface area contributed by atoms with Gasteiger partial charge >= 0.3 is 0 Å². The number of benzene rings is 2. The van der Waals surface area contributed by atoms with Gasteiger partial charge in [0.05, 0.1) is 16.9 Å². The van der Waals surface area contributed by atoms with Crippen molar-refractivity contribution in [1.82, 2.24) is 9.71 Å². The van der Waals surface area contributed by atoms with E-state index in [2.05, 4.69) is 10.3 Å². The molecule has 0 saturated carbocycles. The van der Waals surface area contributed by atoms with E-state index in [1.165, 1.54) is 12.1 Å². The number of carbonyl (C=O) groups is 1. The molecule has 0 aliphatic heterocycles. The van der Waals surface area contributed by atoms with E-state index in [1.54, 1.807) is 4.72 Å². The Hall–Kier alpha value is -3.05. The summed E-state index contributed by atoms with van der Waals surface area (Å²) in [6, 6.07) is 5.82. The smallest absolute Gasteiger partial charge is 0.300 e.